The molecule has 0 atom stereocenters. The van der Waals surface area contributed by atoms with E-state index in [1.807, 2.05) is 30.3 Å². The maximum absolute atomic E-state index is 12.3. The highest BCUT2D eigenvalue weighted by atomic mass is 16.2. The van der Waals surface area contributed by atoms with Crippen molar-refractivity contribution in [3.05, 3.63) is 51.2 Å². The maximum atomic E-state index is 12.3. The Labute approximate surface area is 120 Å². The molecule has 2 aromatic heterocycles. The molecule has 21 heavy (non-hydrogen) atoms. The molecule has 0 saturated heterocycles. The van der Waals surface area contributed by atoms with Crippen molar-refractivity contribution in [2.75, 3.05) is 5.32 Å². The van der Waals surface area contributed by atoms with Crippen molar-refractivity contribution in [1.82, 2.24) is 14.1 Å². The van der Waals surface area contributed by atoms with Crippen LogP contribution in [0, 0.1) is 0 Å². The van der Waals surface area contributed by atoms with Crippen molar-refractivity contribution in [2.45, 2.75) is 0 Å². The van der Waals surface area contributed by atoms with Gasteiger partial charge in [-0.15, -0.1) is 0 Å². The standard InChI is InChI=1S/C14H15N5O2/c1-17-10-11(18(2)14(21)19(3)12(10)20)16-13(17)15-9-7-5-4-6-8-9/h4-8H,1-3H3,(H,15,16,20)/p+1. The SMILES string of the molecule is Cn1c(=O)c2c([nH]c(Nc3ccccc3)[n+]2C)n(C)c1=O. The third-order valence-electron chi connectivity index (χ3n) is 3.58. The van der Waals surface area contributed by atoms with E-state index in [2.05, 4.69) is 10.3 Å². The monoisotopic (exact) mass is 286 g/mol. The molecule has 0 saturated carbocycles. The molecule has 3 rings (SSSR count). The van der Waals surface area contributed by atoms with E-state index >= 15 is 0 Å². The van der Waals surface area contributed by atoms with Crippen LogP contribution in [0.1, 0.15) is 0 Å². The number of hydrogen-bond donors (Lipinski definition) is 2. The minimum Gasteiger partial charge on any atom is -0.267 e. The van der Waals surface area contributed by atoms with Gasteiger partial charge in [0.2, 0.25) is 11.2 Å². The predicted molar refractivity (Wildman–Crippen MR) is 79.7 cm³/mol. The number of para-hydroxylation sites is 1. The molecule has 1 aromatic carbocycles. The van der Waals surface area contributed by atoms with Gasteiger partial charge in [-0.05, 0) is 12.1 Å². The van der Waals surface area contributed by atoms with E-state index < -0.39 is 0 Å². The fourth-order valence-corrected chi connectivity index (χ4v) is 2.35. The van der Waals surface area contributed by atoms with Crippen molar-refractivity contribution in [3.8, 4) is 0 Å². The zero-order chi connectivity index (χ0) is 15.1. The van der Waals surface area contributed by atoms with Crippen LogP contribution in [0.5, 0.6) is 0 Å². The van der Waals surface area contributed by atoms with Gasteiger partial charge in [0.05, 0.1) is 12.7 Å². The molecule has 2 heterocycles. The van der Waals surface area contributed by atoms with Crippen LogP contribution in [0.15, 0.2) is 39.9 Å². The first-order valence-electron chi connectivity index (χ1n) is 6.50. The van der Waals surface area contributed by atoms with Gasteiger partial charge < -0.3 is 0 Å². The Kier molecular flexibility index (Phi) is 2.90. The molecule has 0 spiro atoms. The van der Waals surface area contributed by atoms with Crippen molar-refractivity contribution >= 4 is 22.8 Å². The number of aromatic amines is 1. The second-order valence-electron chi connectivity index (χ2n) is 4.93. The van der Waals surface area contributed by atoms with Crippen LogP contribution >= 0.6 is 0 Å². The van der Waals surface area contributed by atoms with Crippen LogP contribution < -0.4 is 21.1 Å². The fraction of sp³-hybridized carbons (Fsp3) is 0.214. The van der Waals surface area contributed by atoms with Crippen LogP contribution in [0.25, 0.3) is 11.2 Å². The zero-order valence-electron chi connectivity index (χ0n) is 12.0. The Hall–Kier alpha value is -2.83. The normalized spacial score (nSPS) is 11.0. The van der Waals surface area contributed by atoms with Gasteiger partial charge in [-0.3, -0.25) is 13.9 Å². The lowest BCUT2D eigenvalue weighted by atomic mass is 10.3. The number of aromatic nitrogens is 4. The Bertz CT molecular complexity index is 934. The quantitative estimate of drug-likeness (QED) is 0.658. The van der Waals surface area contributed by atoms with Crippen molar-refractivity contribution in [2.24, 2.45) is 21.1 Å². The molecule has 0 fully saturated rings. The minimum atomic E-state index is -0.361. The van der Waals surface area contributed by atoms with Crippen LogP contribution in [0.3, 0.4) is 0 Å². The smallest absolute Gasteiger partial charge is 0.267 e. The van der Waals surface area contributed by atoms with E-state index in [1.54, 1.807) is 18.7 Å². The third-order valence-corrected chi connectivity index (χ3v) is 3.58. The first kappa shape index (κ1) is 13.2. The summed E-state index contributed by atoms with van der Waals surface area (Å²) in [6.07, 6.45) is 0. The number of H-pyrrole nitrogens is 1. The Morgan fingerprint density at radius 2 is 1.76 bits per heavy atom. The van der Waals surface area contributed by atoms with Crippen molar-refractivity contribution in [1.29, 1.82) is 0 Å². The van der Waals surface area contributed by atoms with Gasteiger partial charge in [-0.2, -0.15) is 0 Å². The molecule has 0 amide bonds. The molecular weight excluding hydrogens is 270 g/mol. The lowest BCUT2D eigenvalue weighted by Gasteiger charge is -2.00. The predicted octanol–water partition coefficient (Wildman–Crippen LogP) is 0.133. The lowest BCUT2D eigenvalue weighted by Crippen LogP contribution is -2.42. The molecular formula is C14H16N5O2+. The minimum absolute atomic E-state index is 0.326. The van der Waals surface area contributed by atoms with Gasteiger partial charge in [0, 0.05) is 14.1 Å². The summed E-state index contributed by atoms with van der Waals surface area (Å²) in [5.41, 5.74) is 1.14. The summed E-state index contributed by atoms with van der Waals surface area (Å²) in [5.74, 6) is 0.634. The number of anilines is 2. The number of imidazole rings is 1. The van der Waals surface area contributed by atoms with E-state index in [4.69, 9.17) is 0 Å². The van der Waals surface area contributed by atoms with E-state index in [0.717, 1.165) is 10.3 Å². The Morgan fingerprint density at radius 1 is 1.10 bits per heavy atom. The average molecular weight is 286 g/mol. The Balaban J connectivity index is 2.26. The van der Waals surface area contributed by atoms with E-state index in [1.165, 1.54) is 11.6 Å². The summed E-state index contributed by atoms with van der Waals surface area (Å²) >= 11 is 0. The van der Waals surface area contributed by atoms with E-state index in [-0.39, 0.29) is 11.2 Å². The molecule has 0 unspecified atom stereocenters. The number of nitrogens with zero attached hydrogens (tertiary/aromatic N) is 3. The second kappa shape index (κ2) is 4.62. The average Bonchev–Trinajstić information content (AvgIpc) is 2.81. The van der Waals surface area contributed by atoms with E-state index in [9.17, 15) is 9.59 Å². The molecule has 108 valence electrons. The van der Waals surface area contributed by atoms with Gasteiger partial charge in [0.1, 0.15) is 0 Å². The third kappa shape index (κ3) is 1.94. The number of rotatable bonds is 2. The maximum Gasteiger partial charge on any atom is 0.362 e. The van der Waals surface area contributed by atoms with Crippen LogP contribution in [-0.4, -0.2) is 14.1 Å². The molecule has 0 aliphatic carbocycles. The van der Waals surface area contributed by atoms with Gasteiger partial charge in [-0.1, -0.05) is 18.2 Å². The van der Waals surface area contributed by atoms with Gasteiger partial charge in [0.25, 0.3) is 5.56 Å². The van der Waals surface area contributed by atoms with Gasteiger partial charge in [-0.25, -0.2) is 19.7 Å². The van der Waals surface area contributed by atoms with Crippen LogP contribution in [0.2, 0.25) is 0 Å². The molecule has 0 radical (unpaired) electrons. The molecule has 0 aliphatic heterocycles. The van der Waals surface area contributed by atoms with Gasteiger partial charge >= 0.3 is 11.6 Å². The highest BCUT2D eigenvalue weighted by Gasteiger charge is 2.22. The van der Waals surface area contributed by atoms with Crippen molar-refractivity contribution in [3.63, 3.8) is 0 Å². The topological polar surface area (TPSA) is 75.7 Å². The zero-order valence-corrected chi connectivity index (χ0v) is 12.0. The number of hydrogen-bond acceptors (Lipinski definition) is 3. The lowest BCUT2D eigenvalue weighted by molar-refractivity contribution is -0.630. The number of nitrogens with one attached hydrogen (secondary N) is 2. The molecule has 3 aromatic rings. The second-order valence-corrected chi connectivity index (χ2v) is 4.93. The molecule has 7 heteroatoms. The summed E-state index contributed by atoms with van der Waals surface area (Å²) in [6, 6.07) is 9.60. The Morgan fingerprint density at radius 3 is 2.43 bits per heavy atom. The molecule has 7 nitrogen and oxygen atoms in total. The highest BCUT2D eigenvalue weighted by molar-refractivity contribution is 5.69. The van der Waals surface area contributed by atoms with Crippen LogP contribution in [0.4, 0.5) is 11.6 Å². The molecule has 0 aliphatic rings. The summed E-state index contributed by atoms with van der Waals surface area (Å²) < 4.78 is 4.24. The van der Waals surface area contributed by atoms with Crippen LogP contribution in [-0.2, 0) is 21.1 Å². The highest BCUT2D eigenvalue weighted by Crippen LogP contribution is 2.13. The number of aryl methyl sites for hydroxylation is 2. The van der Waals surface area contributed by atoms with Crippen molar-refractivity contribution < 1.29 is 4.57 Å². The molecule has 2 N–H and O–H groups in total. The summed E-state index contributed by atoms with van der Waals surface area (Å²) in [4.78, 5) is 27.3. The fourth-order valence-electron chi connectivity index (χ4n) is 2.35. The summed E-state index contributed by atoms with van der Waals surface area (Å²) in [5, 5.41) is 3.20. The van der Waals surface area contributed by atoms with E-state index in [0.29, 0.717) is 17.1 Å². The number of fused-ring (bicyclic) bond motifs is 1. The number of benzene rings is 1. The molecule has 0 bridgehead atoms. The van der Waals surface area contributed by atoms with Gasteiger partial charge in [0.15, 0.2) is 0 Å². The largest absolute Gasteiger partial charge is 0.362 e. The summed E-state index contributed by atoms with van der Waals surface area (Å²) in [6.45, 7) is 0. The first-order valence-corrected chi connectivity index (χ1v) is 6.50. The first-order chi connectivity index (χ1) is 10.0. The summed E-state index contributed by atoms with van der Waals surface area (Å²) in [7, 11) is 4.88.